The molecule has 0 saturated carbocycles. The predicted molar refractivity (Wildman–Crippen MR) is 76.5 cm³/mol. The minimum atomic E-state index is -0.211. The third-order valence-electron chi connectivity index (χ3n) is 3.41. The van der Waals surface area contributed by atoms with E-state index in [1.807, 2.05) is 19.1 Å². The smallest absolute Gasteiger partial charge is 0.143 e. The van der Waals surface area contributed by atoms with Crippen LogP contribution in [0.4, 0.5) is 0 Å². The van der Waals surface area contributed by atoms with E-state index in [0.29, 0.717) is 0 Å². The van der Waals surface area contributed by atoms with Gasteiger partial charge in [0.15, 0.2) is 0 Å². The second-order valence-electron chi connectivity index (χ2n) is 4.87. The Bertz CT molecular complexity index is 497. The molecule has 0 aliphatic rings. The maximum absolute atomic E-state index is 9.52. The maximum Gasteiger partial charge on any atom is 0.143 e. The summed E-state index contributed by atoms with van der Waals surface area (Å²) in [5.74, 6) is 0. The molecular formula is C14H21N5O. The lowest BCUT2D eigenvalue weighted by Gasteiger charge is -2.16. The van der Waals surface area contributed by atoms with E-state index in [0.717, 1.165) is 25.1 Å². The van der Waals surface area contributed by atoms with E-state index < -0.39 is 0 Å². The fraction of sp³-hybridized carbons (Fsp3) is 0.500. The molecular weight excluding hydrogens is 254 g/mol. The first kappa shape index (κ1) is 14.6. The summed E-state index contributed by atoms with van der Waals surface area (Å²) in [6.07, 6.45) is 2.94. The van der Waals surface area contributed by atoms with Crippen LogP contribution in [-0.4, -0.2) is 38.0 Å². The Hall–Kier alpha value is -1.79. The molecule has 6 heteroatoms. The summed E-state index contributed by atoms with van der Waals surface area (Å²) in [5.41, 5.74) is 2.14. The number of aromatic nitrogens is 4. The zero-order valence-electron chi connectivity index (χ0n) is 11.9. The van der Waals surface area contributed by atoms with Gasteiger partial charge < -0.3 is 10.4 Å². The van der Waals surface area contributed by atoms with Crippen LogP contribution in [0.15, 0.2) is 30.6 Å². The number of rotatable bonds is 7. The number of hydrogen-bond acceptors (Lipinski definition) is 5. The molecule has 0 aliphatic heterocycles. The maximum atomic E-state index is 9.52. The van der Waals surface area contributed by atoms with Crippen molar-refractivity contribution < 1.29 is 5.11 Å². The Kier molecular flexibility index (Phi) is 5.20. The molecule has 0 radical (unpaired) electrons. The Morgan fingerprint density at radius 2 is 2.05 bits per heavy atom. The Balaban J connectivity index is 1.89. The summed E-state index contributed by atoms with van der Waals surface area (Å²) < 4.78 is 1.62. The Morgan fingerprint density at radius 1 is 1.30 bits per heavy atom. The van der Waals surface area contributed by atoms with Crippen LogP contribution >= 0.6 is 0 Å². The molecule has 0 spiro atoms. The highest BCUT2D eigenvalue weighted by molar-refractivity contribution is 5.34. The van der Waals surface area contributed by atoms with Gasteiger partial charge >= 0.3 is 0 Å². The molecule has 0 aliphatic carbocycles. The summed E-state index contributed by atoms with van der Waals surface area (Å²) in [5, 5.41) is 24.0. The molecule has 2 rings (SSSR count). The molecule has 1 aromatic carbocycles. The van der Waals surface area contributed by atoms with Crippen molar-refractivity contribution in [1.29, 1.82) is 0 Å². The molecule has 6 nitrogen and oxygen atoms in total. The highest BCUT2D eigenvalue weighted by atomic mass is 16.3. The highest BCUT2D eigenvalue weighted by Gasteiger charge is 2.07. The molecule has 108 valence electrons. The van der Waals surface area contributed by atoms with Gasteiger partial charge in [0.2, 0.25) is 0 Å². The molecule has 0 fully saturated rings. The summed E-state index contributed by atoms with van der Waals surface area (Å²) in [6, 6.07) is 8.35. The van der Waals surface area contributed by atoms with Crippen molar-refractivity contribution in [1.82, 2.24) is 25.5 Å². The van der Waals surface area contributed by atoms with Gasteiger partial charge in [-0.25, -0.2) is 4.68 Å². The molecule has 0 bridgehead atoms. The lowest BCUT2D eigenvalue weighted by molar-refractivity contribution is 0.159. The third kappa shape index (κ3) is 3.85. The number of nitrogens with zero attached hydrogens (tertiary/aromatic N) is 4. The zero-order chi connectivity index (χ0) is 14.4. The fourth-order valence-electron chi connectivity index (χ4n) is 1.98. The van der Waals surface area contributed by atoms with Gasteiger partial charge in [-0.15, -0.1) is 5.10 Å². The number of benzene rings is 1. The molecule has 2 atom stereocenters. The van der Waals surface area contributed by atoms with Crippen molar-refractivity contribution in [3.8, 4) is 5.69 Å². The Morgan fingerprint density at radius 3 is 2.65 bits per heavy atom. The number of aliphatic hydroxyl groups is 1. The van der Waals surface area contributed by atoms with E-state index in [2.05, 4.69) is 39.9 Å². The van der Waals surface area contributed by atoms with Crippen molar-refractivity contribution >= 4 is 0 Å². The third-order valence-corrected chi connectivity index (χ3v) is 3.41. The van der Waals surface area contributed by atoms with Crippen molar-refractivity contribution in [3.05, 3.63) is 36.2 Å². The standard InChI is InChI=1S/C14H21N5O/c1-3-14(20)8-9-15-11(2)12-4-6-13(7-5-12)19-10-16-17-18-19/h4-7,10-11,14-15,20H,3,8-9H2,1-2H3. The normalized spacial score (nSPS) is 14.2. The Labute approximate surface area is 118 Å². The fourth-order valence-corrected chi connectivity index (χ4v) is 1.98. The second kappa shape index (κ2) is 7.12. The van der Waals surface area contributed by atoms with E-state index in [-0.39, 0.29) is 12.1 Å². The summed E-state index contributed by atoms with van der Waals surface area (Å²) in [7, 11) is 0. The van der Waals surface area contributed by atoms with Crippen LogP contribution < -0.4 is 5.32 Å². The van der Waals surface area contributed by atoms with Crippen LogP contribution in [0.1, 0.15) is 38.3 Å². The van der Waals surface area contributed by atoms with Crippen LogP contribution in [0.25, 0.3) is 5.69 Å². The molecule has 0 amide bonds. The van der Waals surface area contributed by atoms with E-state index >= 15 is 0 Å². The molecule has 0 saturated heterocycles. The van der Waals surface area contributed by atoms with E-state index in [9.17, 15) is 5.11 Å². The first-order valence-electron chi connectivity index (χ1n) is 6.95. The van der Waals surface area contributed by atoms with Crippen LogP contribution in [0, 0.1) is 0 Å². The van der Waals surface area contributed by atoms with Crippen LogP contribution in [0.2, 0.25) is 0 Å². The molecule has 1 aromatic heterocycles. The molecule has 2 aromatic rings. The predicted octanol–water partition coefficient (Wildman–Crippen LogP) is 1.47. The van der Waals surface area contributed by atoms with Gasteiger partial charge in [-0.05, 0) is 54.4 Å². The minimum Gasteiger partial charge on any atom is -0.393 e. The second-order valence-corrected chi connectivity index (χ2v) is 4.87. The van der Waals surface area contributed by atoms with Gasteiger partial charge in [-0.2, -0.15) is 0 Å². The first-order chi connectivity index (χ1) is 9.70. The molecule has 1 heterocycles. The monoisotopic (exact) mass is 275 g/mol. The summed E-state index contributed by atoms with van der Waals surface area (Å²) in [6.45, 7) is 4.92. The van der Waals surface area contributed by atoms with Crippen molar-refractivity contribution in [3.63, 3.8) is 0 Å². The van der Waals surface area contributed by atoms with Gasteiger partial charge in [0.05, 0.1) is 11.8 Å². The van der Waals surface area contributed by atoms with Crippen molar-refractivity contribution in [2.45, 2.75) is 38.8 Å². The zero-order valence-corrected chi connectivity index (χ0v) is 11.9. The van der Waals surface area contributed by atoms with E-state index in [1.165, 1.54) is 5.56 Å². The molecule has 2 N–H and O–H groups in total. The van der Waals surface area contributed by atoms with Crippen molar-refractivity contribution in [2.24, 2.45) is 0 Å². The number of aliphatic hydroxyl groups excluding tert-OH is 1. The average Bonchev–Trinajstić information content (AvgIpc) is 3.01. The lowest BCUT2D eigenvalue weighted by Crippen LogP contribution is -2.23. The van der Waals surface area contributed by atoms with Gasteiger partial charge in [-0.3, -0.25) is 0 Å². The van der Waals surface area contributed by atoms with E-state index in [4.69, 9.17) is 0 Å². The highest BCUT2D eigenvalue weighted by Crippen LogP contribution is 2.15. The topological polar surface area (TPSA) is 75.9 Å². The average molecular weight is 275 g/mol. The lowest BCUT2D eigenvalue weighted by atomic mass is 10.1. The minimum absolute atomic E-state index is 0.211. The van der Waals surface area contributed by atoms with Gasteiger partial charge in [0.1, 0.15) is 6.33 Å². The quantitative estimate of drug-likeness (QED) is 0.800. The molecule has 2 unspecified atom stereocenters. The van der Waals surface area contributed by atoms with Gasteiger partial charge in [0.25, 0.3) is 0 Å². The number of nitrogens with one attached hydrogen (secondary N) is 1. The number of hydrogen-bond donors (Lipinski definition) is 2. The summed E-state index contributed by atoms with van der Waals surface area (Å²) >= 11 is 0. The first-order valence-corrected chi connectivity index (χ1v) is 6.95. The largest absolute Gasteiger partial charge is 0.393 e. The van der Waals surface area contributed by atoms with Crippen LogP contribution in [0.3, 0.4) is 0 Å². The van der Waals surface area contributed by atoms with Crippen molar-refractivity contribution in [2.75, 3.05) is 6.54 Å². The van der Waals surface area contributed by atoms with Crippen LogP contribution in [0.5, 0.6) is 0 Å². The summed E-state index contributed by atoms with van der Waals surface area (Å²) in [4.78, 5) is 0. The van der Waals surface area contributed by atoms with Gasteiger partial charge in [-0.1, -0.05) is 19.1 Å². The van der Waals surface area contributed by atoms with E-state index in [1.54, 1.807) is 11.0 Å². The number of tetrazole rings is 1. The van der Waals surface area contributed by atoms with Gasteiger partial charge in [0, 0.05) is 6.04 Å². The molecule has 20 heavy (non-hydrogen) atoms. The van der Waals surface area contributed by atoms with Crippen LogP contribution in [-0.2, 0) is 0 Å². The SMILES string of the molecule is CCC(O)CCNC(C)c1ccc(-n2cnnn2)cc1.